The Morgan fingerprint density at radius 1 is 1.09 bits per heavy atom. The molecular weight excluding hydrogens is 310 g/mol. The van der Waals surface area contributed by atoms with Crippen molar-refractivity contribution < 1.29 is 14.3 Å². The molecule has 1 unspecified atom stereocenters. The molecule has 4 nitrogen and oxygen atoms in total. The molecule has 0 spiro atoms. The Morgan fingerprint density at radius 2 is 1.78 bits per heavy atom. The van der Waals surface area contributed by atoms with Gasteiger partial charge in [-0.3, -0.25) is 4.79 Å². The fourth-order valence-electron chi connectivity index (χ4n) is 3.41. The van der Waals surface area contributed by atoms with E-state index in [2.05, 4.69) is 0 Å². The van der Waals surface area contributed by atoms with Crippen molar-refractivity contribution in [3.05, 3.63) is 21.4 Å². The lowest BCUT2D eigenvalue weighted by molar-refractivity contribution is -0.139. The molecule has 1 atom stereocenters. The van der Waals surface area contributed by atoms with Crippen molar-refractivity contribution >= 4 is 23.2 Å². The monoisotopic (exact) mass is 335 g/mol. The number of rotatable bonds is 3. The summed E-state index contributed by atoms with van der Waals surface area (Å²) in [5.74, 6) is -0.401. The molecule has 1 fully saturated rings. The van der Waals surface area contributed by atoms with E-state index < -0.39 is 6.10 Å². The quantitative estimate of drug-likeness (QED) is 0.793. The Labute approximate surface area is 141 Å². The van der Waals surface area contributed by atoms with Crippen molar-refractivity contribution in [2.75, 3.05) is 13.1 Å². The van der Waals surface area contributed by atoms with Crippen LogP contribution in [0, 0.1) is 0 Å². The highest BCUT2D eigenvalue weighted by Gasteiger charge is 2.26. The van der Waals surface area contributed by atoms with Crippen molar-refractivity contribution in [2.45, 2.75) is 64.4 Å². The number of thiophene rings is 1. The summed E-state index contributed by atoms with van der Waals surface area (Å²) in [6, 6.07) is 1.96. The standard InChI is InChI=1S/C18H25NO3S/c1-13(17(20)19-10-6-2-3-7-11-19)22-18(21)16-12-14-8-4-5-9-15(14)23-16/h12-13H,2-11H2,1H3. The highest BCUT2D eigenvalue weighted by atomic mass is 32.1. The van der Waals surface area contributed by atoms with Gasteiger partial charge in [-0.15, -0.1) is 11.3 Å². The predicted octanol–water partition coefficient (Wildman–Crippen LogP) is 3.57. The molecule has 126 valence electrons. The Kier molecular flexibility index (Phi) is 5.36. The number of ether oxygens (including phenoxy) is 1. The third-order valence-electron chi connectivity index (χ3n) is 4.75. The van der Waals surface area contributed by atoms with Crippen LogP contribution in [0.25, 0.3) is 0 Å². The zero-order chi connectivity index (χ0) is 16.2. The van der Waals surface area contributed by atoms with Gasteiger partial charge in [0.05, 0.1) is 0 Å². The number of amides is 1. The Bertz CT molecular complexity index is 549. The van der Waals surface area contributed by atoms with Gasteiger partial charge in [0, 0.05) is 18.0 Å². The first kappa shape index (κ1) is 16.5. The minimum Gasteiger partial charge on any atom is -0.448 e. The van der Waals surface area contributed by atoms with Crippen LogP contribution in [0.4, 0.5) is 0 Å². The molecule has 0 radical (unpaired) electrons. The summed E-state index contributed by atoms with van der Waals surface area (Å²) in [7, 11) is 0. The van der Waals surface area contributed by atoms with Crippen LogP contribution in [0.3, 0.4) is 0 Å². The molecule has 1 aliphatic heterocycles. The van der Waals surface area contributed by atoms with Gasteiger partial charge in [-0.1, -0.05) is 12.8 Å². The summed E-state index contributed by atoms with van der Waals surface area (Å²) < 4.78 is 5.45. The fraction of sp³-hybridized carbons (Fsp3) is 0.667. The van der Waals surface area contributed by atoms with Crippen LogP contribution in [0.2, 0.25) is 0 Å². The second-order valence-electron chi connectivity index (χ2n) is 6.55. The van der Waals surface area contributed by atoms with E-state index in [1.807, 2.05) is 11.0 Å². The number of carbonyl (C=O) groups excluding carboxylic acids is 2. The lowest BCUT2D eigenvalue weighted by atomic mass is 9.99. The third kappa shape index (κ3) is 3.94. The molecule has 0 aromatic carbocycles. The fourth-order valence-corrected chi connectivity index (χ4v) is 4.55. The molecule has 5 heteroatoms. The van der Waals surface area contributed by atoms with Gasteiger partial charge in [0.2, 0.25) is 0 Å². The average Bonchev–Trinajstić information content (AvgIpc) is 2.81. The number of nitrogens with zero attached hydrogens (tertiary/aromatic N) is 1. The van der Waals surface area contributed by atoms with Gasteiger partial charge in [-0.05, 0) is 57.1 Å². The molecule has 0 bridgehead atoms. The van der Waals surface area contributed by atoms with Crippen LogP contribution in [-0.2, 0) is 22.4 Å². The maximum atomic E-state index is 12.5. The number of carbonyl (C=O) groups is 2. The van der Waals surface area contributed by atoms with E-state index in [0.29, 0.717) is 4.88 Å². The lowest BCUT2D eigenvalue weighted by Crippen LogP contribution is -2.40. The largest absolute Gasteiger partial charge is 0.448 e. The first-order valence-corrected chi connectivity index (χ1v) is 9.58. The molecule has 1 aromatic heterocycles. The van der Waals surface area contributed by atoms with Gasteiger partial charge in [0.15, 0.2) is 6.10 Å². The summed E-state index contributed by atoms with van der Waals surface area (Å²) in [6.07, 6.45) is 8.27. The minimum atomic E-state index is -0.695. The molecule has 3 rings (SSSR count). The predicted molar refractivity (Wildman–Crippen MR) is 90.9 cm³/mol. The molecule has 23 heavy (non-hydrogen) atoms. The van der Waals surface area contributed by atoms with E-state index in [1.54, 1.807) is 6.92 Å². The van der Waals surface area contributed by atoms with Crippen molar-refractivity contribution in [1.29, 1.82) is 0 Å². The molecule has 2 aliphatic rings. The minimum absolute atomic E-state index is 0.0541. The number of aryl methyl sites for hydroxylation is 2. The Hall–Kier alpha value is -1.36. The van der Waals surface area contributed by atoms with Crippen LogP contribution in [-0.4, -0.2) is 36.0 Å². The van der Waals surface area contributed by atoms with Crippen LogP contribution in [0.5, 0.6) is 0 Å². The summed E-state index contributed by atoms with van der Waals surface area (Å²) in [4.78, 5) is 28.6. The first-order valence-electron chi connectivity index (χ1n) is 8.76. The maximum Gasteiger partial charge on any atom is 0.349 e. The van der Waals surface area contributed by atoms with Gasteiger partial charge in [-0.2, -0.15) is 0 Å². The number of hydrogen-bond donors (Lipinski definition) is 0. The molecule has 0 saturated carbocycles. The summed E-state index contributed by atoms with van der Waals surface area (Å²) in [6.45, 7) is 3.26. The van der Waals surface area contributed by atoms with E-state index >= 15 is 0 Å². The van der Waals surface area contributed by atoms with Crippen molar-refractivity contribution in [2.24, 2.45) is 0 Å². The van der Waals surface area contributed by atoms with Crippen LogP contribution >= 0.6 is 11.3 Å². The van der Waals surface area contributed by atoms with Crippen molar-refractivity contribution in [1.82, 2.24) is 4.90 Å². The van der Waals surface area contributed by atoms with E-state index in [1.165, 1.54) is 47.5 Å². The highest BCUT2D eigenvalue weighted by molar-refractivity contribution is 7.14. The van der Waals surface area contributed by atoms with Gasteiger partial charge in [0.25, 0.3) is 5.91 Å². The lowest BCUT2D eigenvalue weighted by Gasteiger charge is -2.23. The summed E-state index contributed by atoms with van der Waals surface area (Å²) >= 11 is 1.54. The van der Waals surface area contributed by atoms with Crippen LogP contribution in [0.15, 0.2) is 6.07 Å². The maximum absolute atomic E-state index is 12.5. The van der Waals surface area contributed by atoms with Crippen LogP contribution in [0.1, 0.15) is 65.6 Å². The Morgan fingerprint density at radius 3 is 2.48 bits per heavy atom. The van der Waals surface area contributed by atoms with E-state index in [0.717, 1.165) is 38.8 Å². The SMILES string of the molecule is CC(OC(=O)c1cc2c(s1)CCCC2)C(=O)N1CCCCCC1. The van der Waals surface area contributed by atoms with E-state index in [-0.39, 0.29) is 11.9 Å². The van der Waals surface area contributed by atoms with E-state index in [9.17, 15) is 9.59 Å². The van der Waals surface area contributed by atoms with Crippen molar-refractivity contribution in [3.63, 3.8) is 0 Å². The second kappa shape index (κ2) is 7.47. The Balaban J connectivity index is 1.60. The molecule has 1 saturated heterocycles. The van der Waals surface area contributed by atoms with Gasteiger partial charge in [0.1, 0.15) is 4.88 Å². The summed E-state index contributed by atoms with van der Waals surface area (Å²) in [5, 5.41) is 0. The van der Waals surface area contributed by atoms with Gasteiger partial charge >= 0.3 is 5.97 Å². The smallest absolute Gasteiger partial charge is 0.349 e. The normalized spacial score (nSPS) is 19.6. The zero-order valence-corrected chi connectivity index (χ0v) is 14.6. The third-order valence-corrected chi connectivity index (χ3v) is 5.96. The van der Waals surface area contributed by atoms with Crippen LogP contribution < -0.4 is 0 Å². The zero-order valence-electron chi connectivity index (χ0n) is 13.8. The molecule has 1 aliphatic carbocycles. The topological polar surface area (TPSA) is 46.6 Å². The highest BCUT2D eigenvalue weighted by Crippen LogP contribution is 2.30. The average molecular weight is 335 g/mol. The molecule has 1 aromatic rings. The second-order valence-corrected chi connectivity index (χ2v) is 7.69. The summed E-state index contributed by atoms with van der Waals surface area (Å²) in [5.41, 5.74) is 1.29. The number of esters is 1. The number of fused-ring (bicyclic) bond motifs is 1. The van der Waals surface area contributed by atoms with Gasteiger partial charge < -0.3 is 9.64 Å². The molecule has 2 heterocycles. The van der Waals surface area contributed by atoms with E-state index in [4.69, 9.17) is 4.74 Å². The molecule has 1 amide bonds. The number of hydrogen-bond acceptors (Lipinski definition) is 4. The molecule has 0 N–H and O–H groups in total. The molecular formula is C18H25NO3S. The first-order chi connectivity index (χ1) is 11.1. The van der Waals surface area contributed by atoms with Crippen molar-refractivity contribution in [3.8, 4) is 0 Å². The van der Waals surface area contributed by atoms with Gasteiger partial charge in [-0.25, -0.2) is 4.79 Å². The number of likely N-dealkylation sites (tertiary alicyclic amines) is 1.